The highest BCUT2D eigenvalue weighted by atomic mass is 32.2. The number of anilines is 1. The van der Waals surface area contributed by atoms with Crippen molar-refractivity contribution >= 4 is 44.0 Å². The van der Waals surface area contributed by atoms with Crippen molar-refractivity contribution in [3.63, 3.8) is 0 Å². The molecule has 10 heteroatoms. The Morgan fingerprint density at radius 3 is 2.30 bits per heavy atom. The molecular formula is C23H23N2O6S2-. The van der Waals surface area contributed by atoms with Crippen LogP contribution in [0.2, 0.25) is 0 Å². The standard InChI is InChI=1S/C23H24N2O6S2/c1-5-31-23(27)21-20(16-6-10-18(30-4)11-7-16)14(2)32-22(21)25-33(28,29)19-12-8-17(9-13-19)24-15(3)26/h6-13,27H,5H2,1-4H3,(H,24,26)/p-1. The van der Waals surface area contributed by atoms with Crippen LogP contribution in [0.4, 0.5) is 5.69 Å². The van der Waals surface area contributed by atoms with E-state index < -0.39 is 16.0 Å². The molecule has 2 aromatic carbocycles. The number of sulfonamides is 1. The van der Waals surface area contributed by atoms with Crippen LogP contribution >= 0.6 is 11.8 Å². The third-order valence-corrected chi connectivity index (χ3v) is 7.01. The zero-order valence-corrected chi connectivity index (χ0v) is 20.2. The van der Waals surface area contributed by atoms with Crippen molar-refractivity contribution in [2.24, 2.45) is 4.40 Å². The van der Waals surface area contributed by atoms with Crippen molar-refractivity contribution in [1.82, 2.24) is 0 Å². The number of hydrogen-bond donors (Lipinski definition) is 1. The van der Waals surface area contributed by atoms with Crippen LogP contribution in [0.15, 0.2) is 74.2 Å². The first kappa shape index (κ1) is 24.4. The number of thioether (sulfide) groups is 1. The number of carbonyl (C=O) groups is 1. The molecule has 0 bridgehead atoms. The van der Waals surface area contributed by atoms with Gasteiger partial charge in [0.2, 0.25) is 5.91 Å². The predicted octanol–water partition coefficient (Wildman–Crippen LogP) is 3.53. The zero-order valence-electron chi connectivity index (χ0n) is 18.5. The Hall–Kier alpha value is -3.24. The number of carbonyl (C=O) groups excluding carboxylic acids is 1. The molecule has 2 aromatic rings. The van der Waals surface area contributed by atoms with E-state index in [4.69, 9.17) is 9.47 Å². The Morgan fingerprint density at radius 1 is 1.12 bits per heavy atom. The summed E-state index contributed by atoms with van der Waals surface area (Å²) >= 11 is 1.10. The average molecular weight is 488 g/mol. The predicted molar refractivity (Wildman–Crippen MR) is 127 cm³/mol. The van der Waals surface area contributed by atoms with Gasteiger partial charge in [-0.2, -0.15) is 12.8 Å². The molecule has 1 N–H and O–H groups in total. The van der Waals surface area contributed by atoms with Gasteiger partial charge in [0.15, 0.2) is 0 Å². The zero-order chi connectivity index (χ0) is 24.2. The minimum absolute atomic E-state index is 0.0442. The van der Waals surface area contributed by atoms with Gasteiger partial charge in [-0.3, -0.25) is 4.79 Å². The number of rotatable bonds is 7. The summed E-state index contributed by atoms with van der Waals surface area (Å²) in [6.45, 7) is 4.96. The lowest BCUT2D eigenvalue weighted by atomic mass is 9.98. The highest BCUT2D eigenvalue weighted by Gasteiger charge is 2.29. The van der Waals surface area contributed by atoms with E-state index in [-0.39, 0.29) is 28.0 Å². The maximum Gasteiger partial charge on any atom is 0.283 e. The molecular weight excluding hydrogens is 464 g/mol. The molecule has 174 valence electrons. The molecule has 0 radical (unpaired) electrons. The van der Waals surface area contributed by atoms with Gasteiger partial charge in [0.05, 0.1) is 18.0 Å². The normalized spacial score (nSPS) is 16.7. The van der Waals surface area contributed by atoms with Crippen LogP contribution in [0.25, 0.3) is 5.57 Å². The van der Waals surface area contributed by atoms with Gasteiger partial charge in [-0.25, -0.2) is 0 Å². The largest absolute Gasteiger partial charge is 0.613 e. The summed E-state index contributed by atoms with van der Waals surface area (Å²) in [5.74, 6) is -0.267. The second-order valence-electron chi connectivity index (χ2n) is 6.93. The molecule has 1 aliphatic heterocycles. The van der Waals surface area contributed by atoms with Crippen molar-refractivity contribution in [1.29, 1.82) is 0 Å². The first-order valence-corrected chi connectivity index (χ1v) is 12.2. The van der Waals surface area contributed by atoms with Gasteiger partial charge in [0.25, 0.3) is 10.0 Å². The molecule has 0 unspecified atom stereocenters. The molecule has 0 saturated heterocycles. The lowest BCUT2D eigenvalue weighted by Crippen LogP contribution is -2.15. The average Bonchev–Trinajstić information content (AvgIpc) is 3.08. The van der Waals surface area contributed by atoms with E-state index in [1.54, 1.807) is 45.2 Å². The molecule has 0 fully saturated rings. The van der Waals surface area contributed by atoms with Crippen molar-refractivity contribution in [2.45, 2.75) is 25.7 Å². The fourth-order valence-corrected chi connectivity index (χ4v) is 5.41. The van der Waals surface area contributed by atoms with Crippen LogP contribution in [-0.2, 0) is 19.6 Å². The van der Waals surface area contributed by atoms with E-state index in [0.29, 0.717) is 22.6 Å². The lowest BCUT2D eigenvalue weighted by molar-refractivity contribution is -0.357. The van der Waals surface area contributed by atoms with Gasteiger partial charge in [0.1, 0.15) is 10.8 Å². The maximum absolute atomic E-state index is 13.0. The molecule has 1 amide bonds. The van der Waals surface area contributed by atoms with E-state index in [1.807, 2.05) is 0 Å². The summed E-state index contributed by atoms with van der Waals surface area (Å²) in [5.41, 5.74) is 1.84. The van der Waals surface area contributed by atoms with E-state index in [1.165, 1.54) is 31.2 Å². The fraction of sp³-hybridized carbons (Fsp3) is 0.217. The van der Waals surface area contributed by atoms with Crippen LogP contribution in [0.5, 0.6) is 5.75 Å². The minimum atomic E-state index is -4.13. The molecule has 1 heterocycles. The quantitative estimate of drug-likeness (QED) is 0.594. The summed E-state index contributed by atoms with van der Waals surface area (Å²) in [6, 6.07) is 12.7. The lowest BCUT2D eigenvalue weighted by Gasteiger charge is -2.18. The first-order valence-electron chi connectivity index (χ1n) is 9.97. The Kier molecular flexibility index (Phi) is 7.50. The van der Waals surface area contributed by atoms with E-state index in [9.17, 15) is 18.3 Å². The molecule has 0 saturated carbocycles. The highest BCUT2D eigenvalue weighted by molar-refractivity contribution is 8.19. The van der Waals surface area contributed by atoms with Crippen LogP contribution in [0, 0.1) is 0 Å². The van der Waals surface area contributed by atoms with Crippen LogP contribution < -0.4 is 15.2 Å². The molecule has 3 rings (SSSR count). The Bertz CT molecular complexity index is 1240. The van der Waals surface area contributed by atoms with Gasteiger partial charge >= 0.3 is 0 Å². The number of ether oxygens (including phenoxy) is 2. The van der Waals surface area contributed by atoms with Gasteiger partial charge in [-0.15, -0.1) is 0 Å². The molecule has 8 nitrogen and oxygen atoms in total. The molecule has 0 spiro atoms. The third-order valence-electron chi connectivity index (χ3n) is 4.60. The molecule has 0 aromatic heterocycles. The monoisotopic (exact) mass is 487 g/mol. The van der Waals surface area contributed by atoms with Crippen LogP contribution in [-0.4, -0.2) is 33.1 Å². The molecule has 33 heavy (non-hydrogen) atoms. The Morgan fingerprint density at radius 2 is 1.76 bits per heavy atom. The Balaban J connectivity index is 2.04. The van der Waals surface area contributed by atoms with Gasteiger partial charge in [-0.1, -0.05) is 30.8 Å². The first-order chi connectivity index (χ1) is 15.7. The highest BCUT2D eigenvalue weighted by Crippen LogP contribution is 2.45. The molecule has 1 aliphatic rings. The maximum atomic E-state index is 13.0. The molecule has 0 aliphatic carbocycles. The molecule has 0 atom stereocenters. The van der Waals surface area contributed by atoms with Gasteiger partial charge < -0.3 is 19.9 Å². The SMILES string of the molecule is CCOC([O-])=C1C(=NS(=O)(=O)c2ccc(NC(C)=O)cc2)SC(C)=C1c1ccc(OC)cc1. The fourth-order valence-electron chi connectivity index (χ4n) is 3.17. The van der Waals surface area contributed by atoms with Crippen LogP contribution in [0.1, 0.15) is 26.3 Å². The number of methoxy groups -OCH3 is 1. The number of amides is 1. The van der Waals surface area contributed by atoms with Crippen molar-refractivity contribution in [2.75, 3.05) is 19.0 Å². The topological polar surface area (TPSA) is 117 Å². The van der Waals surface area contributed by atoms with Crippen LogP contribution in [0.3, 0.4) is 0 Å². The number of benzene rings is 2. The van der Waals surface area contributed by atoms with Gasteiger partial charge in [0, 0.05) is 23.8 Å². The number of hydrogen-bond acceptors (Lipinski definition) is 7. The van der Waals surface area contributed by atoms with E-state index >= 15 is 0 Å². The summed E-state index contributed by atoms with van der Waals surface area (Å²) < 4.78 is 40.4. The van der Waals surface area contributed by atoms with Crippen molar-refractivity contribution in [3.8, 4) is 5.75 Å². The summed E-state index contributed by atoms with van der Waals surface area (Å²) in [7, 11) is -2.58. The number of allylic oxidation sites excluding steroid dienone is 2. The van der Waals surface area contributed by atoms with Crippen molar-refractivity contribution in [3.05, 3.63) is 70.5 Å². The number of nitrogens with one attached hydrogen (secondary N) is 1. The van der Waals surface area contributed by atoms with Crippen molar-refractivity contribution < 1.29 is 27.8 Å². The number of nitrogens with zero attached hydrogens (tertiary/aromatic N) is 1. The smallest absolute Gasteiger partial charge is 0.283 e. The summed E-state index contributed by atoms with van der Waals surface area (Å²) in [5, 5.41) is 15.5. The second kappa shape index (κ2) is 10.1. The Labute approximate surface area is 197 Å². The van der Waals surface area contributed by atoms with E-state index in [0.717, 1.165) is 16.7 Å². The minimum Gasteiger partial charge on any atom is -0.613 e. The second-order valence-corrected chi connectivity index (χ2v) is 9.74. The third kappa shape index (κ3) is 5.58. The summed E-state index contributed by atoms with van der Waals surface area (Å²) in [4.78, 5) is 11.8. The van der Waals surface area contributed by atoms with Gasteiger partial charge in [-0.05, 0) is 60.4 Å². The summed E-state index contributed by atoms with van der Waals surface area (Å²) in [6.07, 6.45) is 0. The van der Waals surface area contributed by atoms with E-state index in [2.05, 4.69) is 9.71 Å².